The molecular formula is C18H21N5O. The van der Waals surface area contributed by atoms with Gasteiger partial charge in [-0.05, 0) is 37.5 Å². The minimum atomic E-state index is -0.0449. The number of pyridine rings is 1. The molecule has 0 fully saturated rings. The largest absolute Gasteiger partial charge is 0.352 e. The number of carbonyl (C=O) groups excluding carboxylic acids is 1. The van der Waals surface area contributed by atoms with Crippen molar-refractivity contribution in [1.82, 2.24) is 24.5 Å². The molecule has 24 heavy (non-hydrogen) atoms. The molecule has 4 rings (SSSR count). The van der Waals surface area contributed by atoms with Gasteiger partial charge in [-0.15, -0.1) is 10.2 Å². The van der Waals surface area contributed by atoms with Crippen molar-refractivity contribution >= 4 is 11.4 Å². The summed E-state index contributed by atoms with van der Waals surface area (Å²) in [5, 5.41) is 11.5. The Morgan fingerprint density at radius 1 is 1.33 bits per heavy atom. The molecular weight excluding hydrogens is 302 g/mol. The summed E-state index contributed by atoms with van der Waals surface area (Å²) in [4.78, 5) is 12.4. The number of nitrogens with one attached hydrogen (secondary N) is 1. The second kappa shape index (κ2) is 6.11. The third-order valence-electron chi connectivity index (χ3n) is 4.68. The van der Waals surface area contributed by atoms with Gasteiger partial charge in [-0.3, -0.25) is 4.79 Å². The Hall–Kier alpha value is -2.63. The van der Waals surface area contributed by atoms with E-state index in [9.17, 15) is 4.79 Å². The molecule has 0 unspecified atom stereocenters. The molecule has 1 amide bonds. The van der Waals surface area contributed by atoms with Gasteiger partial charge < -0.3 is 14.3 Å². The fourth-order valence-electron chi connectivity index (χ4n) is 3.35. The first-order valence-corrected chi connectivity index (χ1v) is 8.49. The summed E-state index contributed by atoms with van der Waals surface area (Å²) in [7, 11) is 0. The lowest BCUT2D eigenvalue weighted by Crippen LogP contribution is -2.26. The average Bonchev–Trinajstić information content (AvgIpc) is 3.20. The zero-order chi connectivity index (χ0) is 16.5. The molecule has 0 bridgehead atoms. The van der Waals surface area contributed by atoms with Crippen LogP contribution in [0.2, 0.25) is 0 Å². The van der Waals surface area contributed by atoms with Gasteiger partial charge in [0.15, 0.2) is 0 Å². The highest BCUT2D eigenvalue weighted by Gasteiger charge is 2.16. The lowest BCUT2D eigenvalue weighted by Gasteiger charge is -2.14. The first-order chi connectivity index (χ1) is 11.7. The van der Waals surface area contributed by atoms with Crippen LogP contribution >= 0.6 is 0 Å². The first-order valence-electron chi connectivity index (χ1n) is 8.49. The Morgan fingerprint density at radius 3 is 3.12 bits per heavy atom. The summed E-state index contributed by atoms with van der Waals surface area (Å²) in [6.45, 7) is 3.61. The van der Waals surface area contributed by atoms with Crippen molar-refractivity contribution in [3.63, 3.8) is 0 Å². The molecule has 0 spiro atoms. The Labute approximate surface area is 140 Å². The van der Waals surface area contributed by atoms with Crippen LogP contribution in [0.3, 0.4) is 0 Å². The summed E-state index contributed by atoms with van der Waals surface area (Å²) in [6.07, 6.45) is 7.93. The van der Waals surface area contributed by atoms with E-state index in [2.05, 4.69) is 20.1 Å². The minimum absolute atomic E-state index is 0.0449. The van der Waals surface area contributed by atoms with Gasteiger partial charge in [0, 0.05) is 43.8 Å². The van der Waals surface area contributed by atoms with Gasteiger partial charge in [-0.1, -0.05) is 6.07 Å². The number of aromatic nitrogens is 4. The number of hydrogen-bond donors (Lipinski definition) is 1. The normalized spacial score (nSPS) is 13.9. The highest BCUT2D eigenvalue weighted by molar-refractivity contribution is 5.95. The number of nitrogens with zero attached hydrogens (tertiary/aromatic N) is 4. The van der Waals surface area contributed by atoms with E-state index < -0.39 is 0 Å². The summed E-state index contributed by atoms with van der Waals surface area (Å²) in [5.41, 5.74) is 2.91. The lowest BCUT2D eigenvalue weighted by molar-refractivity contribution is 0.0954. The zero-order valence-corrected chi connectivity index (χ0v) is 13.8. The van der Waals surface area contributed by atoms with E-state index in [4.69, 9.17) is 0 Å². The van der Waals surface area contributed by atoms with Gasteiger partial charge >= 0.3 is 0 Å². The quantitative estimate of drug-likeness (QED) is 0.800. The Balaban J connectivity index is 1.41. The van der Waals surface area contributed by atoms with Gasteiger partial charge in [0.1, 0.15) is 11.6 Å². The van der Waals surface area contributed by atoms with E-state index in [1.807, 2.05) is 41.9 Å². The Kier molecular flexibility index (Phi) is 3.80. The van der Waals surface area contributed by atoms with Crippen LogP contribution in [-0.2, 0) is 19.4 Å². The van der Waals surface area contributed by atoms with Gasteiger partial charge in [0.05, 0.1) is 5.56 Å². The van der Waals surface area contributed by atoms with E-state index >= 15 is 0 Å². The van der Waals surface area contributed by atoms with Crippen LogP contribution in [0.15, 0.2) is 30.6 Å². The van der Waals surface area contributed by atoms with Gasteiger partial charge in [0.25, 0.3) is 5.91 Å². The zero-order valence-electron chi connectivity index (χ0n) is 13.8. The summed E-state index contributed by atoms with van der Waals surface area (Å²) >= 11 is 0. The molecule has 4 heterocycles. The highest BCUT2D eigenvalue weighted by atomic mass is 16.1. The van der Waals surface area contributed by atoms with Crippen LogP contribution in [0.4, 0.5) is 0 Å². The van der Waals surface area contributed by atoms with E-state index in [1.165, 1.54) is 12.8 Å². The fourth-order valence-corrected chi connectivity index (χ4v) is 3.35. The van der Waals surface area contributed by atoms with Gasteiger partial charge in [0.2, 0.25) is 0 Å². The van der Waals surface area contributed by atoms with Crippen molar-refractivity contribution in [1.29, 1.82) is 0 Å². The monoisotopic (exact) mass is 323 g/mol. The first kappa shape index (κ1) is 14.9. The molecule has 1 aliphatic rings. The van der Waals surface area contributed by atoms with Crippen molar-refractivity contribution in [2.45, 2.75) is 39.2 Å². The van der Waals surface area contributed by atoms with Crippen LogP contribution in [0, 0.1) is 6.92 Å². The SMILES string of the molecule is Cc1cccn2cc(C(=O)NCCc3nnc4n3CCCC4)cc12. The molecule has 3 aromatic heterocycles. The van der Waals surface area contributed by atoms with E-state index in [1.54, 1.807) is 0 Å². The predicted octanol–water partition coefficient (Wildman–Crippen LogP) is 2.15. The smallest absolute Gasteiger partial charge is 0.252 e. The highest BCUT2D eigenvalue weighted by Crippen LogP contribution is 2.15. The second-order valence-electron chi connectivity index (χ2n) is 6.36. The maximum Gasteiger partial charge on any atom is 0.252 e. The van der Waals surface area contributed by atoms with Gasteiger partial charge in [-0.2, -0.15) is 0 Å². The van der Waals surface area contributed by atoms with E-state index in [0.717, 1.165) is 35.7 Å². The van der Waals surface area contributed by atoms with Crippen molar-refractivity contribution in [2.24, 2.45) is 0 Å². The summed E-state index contributed by atoms with van der Waals surface area (Å²) < 4.78 is 4.19. The van der Waals surface area contributed by atoms with Crippen molar-refractivity contribution in [3.05, 3.63) is 53.4 Å². The molecule has 3 aromatic rings. The minimum Gasteiger partial charge on any atom is -0.352 e. The van der Waals surface area contributed by atoms with Crippen LogP contribution in [0.25, 0.3) is 5.52 Å². The summed E-state index contributed by atoms with van der Waals surface area (Å²) in [6, 6.07) is 5.97. The molecule has 6 nitrogen and oxygen atoms in total. The maximum atomic E-state index is 12.4. The third kappa shape index (κ3) is 2.68. The Morgan fingerprint density at radius 2 is 2.25 bits per heavy atom. The van der Waals surface area contributed by atoms with Crippen LogP contribution in [0.1, 0.15) is 40.4 Å². The van der Waals surface area contributed by atoms with Crippen molar-refractivity contribution in [3.8, 4) is 0 Å². The molecule has 0 radical (unpaired) electrons. The number of rotatable bonds is 4. The molecule has 0 aliphatic carbocycles. The third-order valence-corrected chi connectivity index (χ3v) is 4.68. The Bertz CT molecular complexity index is 892. The molecule has 0 saturated carbocycles. The number of amides is 1. The van der Waals surface area contributed by atoms with Crippen LogP contribution in [0.5, 0.6) is 0 Å². The fraction of sp³-hybridized carbons (Fsp3) is 0.389. The van der Waals surface area contributed by atoms with E-state index in [0.29, 0.717) is 18.5 Å². The van der Waals surface area contributed by atoms with Crippen molar-refractivity contribution in [2.75, 3.05) is 6.54 Å². The molecule has 0 saturated heterocycles. The number of fused-ring (bicyclic) bond motifs is 2. The average molecular weight is 323 g/mol. The van der Waals surface area contributed by atoms with Crippen LogP contribution in [-0.4, -0.2) is 31.6 Å². The predicted molar refractivity (Wildman–Crippen MR) is 91.1 cm³/mol. The molecule has 1 N–H and O–H groups in total. The maximum absolute atomic E-state index is 12.4. The van der Waals surface area contributed by atoms with Gasteiger partial charge in [-0.25, -0.2) is 0 Å². The molecule has 1 aliphatic heterocycles. The van der Waals surface area contributed by atoms with Crippen LogP contribution < -0.4 is 5.32 Å². The summed E-state index contributed by atoms with van der Waals surface area (Å²) in [5.74, 6) is 2.01. The molecule has 124 valence electrons. The molecule has 6 heteroatoms. The standard InChI is InChI=1S/C18H21N5O/c1-13-5-4-9-22-12-14(11-15(13)22)18(24)19-8-7-17-21-20-16-6-2-3-10-23(16)17/h4-5,9,11-12H,2-3,6-8,10H2,1H3,(H,19,24). The second-order valence-corrected chi connectivity index (χ2v) is 6.36. The molecule has 0 atom stereocenters. The van der Waals surface area contributed by atoms with Crippen molar-refractivity contribution < 1.29 is 4.79 Å². The topological polar surface area (TPSA) is 64.2 Å². The lowest BCUT2D eigenvalue weighted by atomic mass is 10.1. The molecule has 0 aromatic carbocycles. The number of hydrogen-bond acceptors (Lipinski definition) is 3. The van der Waals surface area contributed by atoms with E-state index in [-0.39, 0.29) is 5.91 Å². The number of aryl methyl sites for hydroxylation is 2. The number of carbonyl (C=O) groups is 1.